The molecule has 36 heavy (non-hydrogen) atoms. The summed E-state index contributed by atoms with van der Waals surface area (Å²) in [6, 6.07) is 17.1. The first kappa shape index (κ1) is 24.4. The fourth-order valence-corrected chi connectivity index (χ4v) is 5.92. The highest BCUT2D eigenvalue weighted by atomic mass is 35.5. The Kier molecular flexibility index (Phi) is 6.55. The summed E-state index contributed by atoms with van der Waals surface area (Å²) in [6.45, 7) is 4.21. The van der Waals surface area contributed by atoms with Crippen molar-refractivity contribution in [2.75, 3.05) is 7.11 Å². The van der Waals surface area contributed by atoms with Crippen LogP contribution in [-0.4, -0.2) is 39.7 Å². The molecule has 1 fully saturated rings. The van der Waals surface area contributed by atoms with E-state index in [1.165, 1.54) is 0 Å². The fraction of sp³-hybridized carbons (Fsp3) is 0.379. The summed E-state index contributed by atoms with van der Waals surface area (Å²) in [5.41, 5.74) is 4.80. The molecule has 0 spiro atoms. The zero-order valence-electron chi connectivity index (χ0n) is 20.7. The van der Waals surface area contributed by atoms with Crippen molar-refractivity contribution < 1.29 is 14.6 Å². The van der Waals surface area contributed by atoms with Crippen molar-refractivity contribution in [2.24, 2.45) is 0 Å². The van der Waals surface area contributed by atoms with Gasteiger partial charge < -0.3 is 19.3 Å². The fourth-order valence-electron chi connectivity index (χ4n) is 5.80. The molecular formula is C29H30ClN3O3. The van der Waals surface area contributed by atoms with E-state index in [1.54, 1.807) is 19.2 Å². The lowest BCUT2D eigenvalue weighted by atomic mass is 9.90. The average molecular weight is 504 g/mol. The van der Waals surface area contributed by atoms with Crippen molar-refractivity contribution in [1.82, 2.24) is 9.47 Å². The van der Waals surface area contributed by atoms with E-state index in [4.69, 9.17) is 16.3 Å². The van der Waals surface area contributed by atoms with Gasteiger partial charge in [0.1, 0.15) is 5.75 Å². The molecule has 1 unspecified atom stereocenters. The lowest BCUT2D eigenvalue weighted by Gasteiger charge is -2.38. The Labute approximate surface area is 216 Å². The molecule has 1 aliphatic heterocycles. The lowest BCUT2D eigenvalue weighted by Crippen LogP contribution is -2.42. The molecule has 1 aromatic heterocycles. The van der Waals surface area contributed by atoms with Crippen LogP contribution >= 0.6 is 11.6 Å². The number of amides is 1. The number of halogens is 1. The summed E-state index contributed by atoms with van der Waals surface area (Å²) < 4.78 is 7.87. The number of aromatic nitrogens is 1. The van der Waals surface area contributed by atoms with Crippen LogP contribution in [-0.2, 0) is 0 Å². The van der Waals surface area contributed by atoms with Crippen LogP contribution in [0.5, 0.6) is 5.75 Å². The van der Waals surface area contributed by atoms with Crippen LogP contribution in [0.1, 0.15) is 78.8 Å². The molecule has 1 N–H and O–H groups in total. The van der Waals surface area contributed by atoms with Crippen molar-refractivity contribution in [3.8, 4) is 23.1 Å². The summed E-state index contributed by atoms with van der Waals surface area (Å²) in [4.78, 5) is 16.1. The number of rotatable bonds is 5. The molecule has 2 aromatic carbocycles. The van der Waals surface area contributed by atoms with Crippen LogP contribution < -0.4 is 4.74 Å². The molecule has 5 rings (SSSR count). The SMILES string of the molecule is COc1ccc(C#N)cc1-c1cc2c(n1C(C)C)C(c1ccc(Cl)cc1)N([C@H]1CC[C@H](O)CC1)C2=O. The van der Waals surface area contributed by atoms with Crippen molar-refractivity contribution in [3.05, 3.63) is 75.9 Å². The zero-order valence-corrected chi connectivity index (χ0v) is 21.5. The molecule has 2 aliphatic rings. The minimum absolute atomic E-state index is 0.00222. The molecule has 3 aromatic rings. The Morgan fingerprint density at radius 3 is 2.36 bits per heavy atom. The molecule has 1 saturated carbocycles. The van der Waals surface area contributed by atoms with Crippen LogP contribution in [0, 0.1) is 11.3 Å². The number of aliphatic hydroxyl groups is 1. The quantitative estimate of drug-likeness (QED) is 0.455. The standard InChI is InChI=1S/C29H30ClN3O3/c1-17(2)32-25(23-14-18(16-31)4-13-26(23)36-3)15-24-28(32)27(19-5-7-20(30)8-6-19)33(29(24)35)21-9-11-22(34)12-10-21/h4-8,13-15,17,21-22,27,34H,9-12H2,1-3H3/t21-,22-,27?. The Morgan fingerprint density at radius 1 is 1.06 bits per heavy atom. The number of ether oxygens (including phenoxy) is 1. The molecule has 1 atom stereocenters. The van der Waals surface area contributed by atoms with E-state index in [1.807, 2.05) is 41.3 Å². The Morgan fingerprint density at radius 2 is 1.75 bits per heavy atom. The second-order valence-electron chi connectivity index (χ2n) is 9.95. The van der Waals surface area contributed by atoms with E-state index in [0.717, 1.165) is 35.4 Å². The normalized spacial score (nSPS) is 21.5. The predicted molar refractivity (Wildman–Crippen MR) is 139 cm³/mol. The van der Waals surface area contributed by atoms with Crippen molar-refractivity contribution >= 4 is 17.5 Å². The molecule has 186 valence electrons. The summed E-state index contributed by atoms with van der Waals surface area (Å²) in [5, 5.41) is 20.3. The number of hydrogen-bond acceptors (Lipinski definition) is 4. The lowest BCUT2D eigenvalue weighted by molar-refractivity contribution is 0.0458. The molecule has 0 radical (unpaired) electrons. The number of fused-ring (bicyclic) bond motifs is 1. The molecule has 2 heterocycles. The van der Waals surface area contributed by atoms with Gasteiger partial charge in [0.2, 0.25) is 0 Å². The molecule has 1 amide bonds. The van der Waals surface area contributed by atoms with Gasteiger partial charge in [-0.3, -0.25) is 4.79 Å². The highest BCUT2D eigenvalue weighted by molar-refractivity contribution is 6.30. The maximum absolute atomic E-state index is 14.1. The van der Waals surface area contributed by atoms with E-state index >= 15 is 0 Å². The molecule has 7 heteroatoms. The van der Waals surface area contributed by atoms with Crippen LogP contribution in [0.3, 0.4) is 0 Å². The highest BCUT2D eigenvalue weighted by Gasteiger charge is 2.46. The second-order valence-corrected chi connectivity index (χ2v) is 10.4. The first-order valence-electron chi connectivity index (χ1n) is 12.4. The molecule has 6 nitrogen and oxygen atoms in total. The third kappa shape index (κ3) is 4.07. The van der Waals surface area contributed by atoms with Gasteiger partial charge in [0, 0.05) is 22.7 Å². The maximum Gasteiger partial charge on any atom is 0.256 e. The maximum atomic E-state index is 14.1. The number of hydrogen-bond donors (Lipinski definition) is 1. The third-order valence-electron chi connectivity index (χ3n) is 7.44. The van der Waals surface area contributed by atoms with Gasteiger partial charge in [-0.15, -0.1) is 0 Å². The number of nitrogens with zero attached hydrogens (tertiary/aromatic N) is 3. The highest BCUT2D eigenvalue weighted by Crippen LogP contribution is 2.47. The Bertz CT molecular complexity index is 1330. The largest absolute Gasteiger partial charge is 0.496 e. The summed E-state index contributed by atoms with van der Waals surface area (Å²) in [5.74, 6) is 0.656. The van der Waals surface area contributed by atoms with E-state index in [2.05, 4.69) is 24.5 Å². The van der Waals surface area contributed by atoms with Gasteiger partial charge >= 0.3 is 0 Å². The van der Waals surface area contributed by atoms with Crippen LogP contribution in [0.2, 0.25) is 5.02 Å². The van der Waals surface area contributed by atoms with Gasteiger partial charge in [-0.1, -0.05) is 23.7 Å². The van der Waals surface area contributed by atoms with E-state index < -0.39 is 0 Å². The summed E-state index contributed by atoms with van der Waals surface area (Å²) >= 11 is 6.22. The number of benzene rings is 2. The van der Waals surface area contributed by atoms with Crippen molar-refractivity contribution in [1.29, 1.82) is 5.26 Å². The number of methoxy groups -OCH3 is 1. The van der Waals surface area contributed by atoms with Gasteiger partial charge in [-0.25, -0.2) is 0 Å². The van der Waals surface area contributed by atoms with Gasteiger partial charge in [0.25, 0.3) is 5.91 Å². The number of nitriles is 1. The average Bonchev–Trinajstić information content (AvgIpc) is 3.40. The summed E-state index contributed by atoms with van der Waals surface area (Å²) in [7, 11) is 1.61. The van der Waals surface area contributed by atoms with E-state index in [-0.39, 0.29) is 30.1 Å². The van der Waals surface area contributed by atoms with Crippen molar-refractivity contribution in [3.63, 3.8) is 0 Å². The number of carbonyl (C=O) groups excluding carboxylic acids is 1. The minimum atomic E-state index is -0.300. The molecule has 0 bridgehead atoms. The number of aliphatic hydroxyl groups excluding tert-OH is 1. The first-order valence-corrected chi connectivity index (χ1v) is 12.8. The smallest absolute Gasteiger partial charge is 0.256 e. The first-order chi connectivity index (χ1) is 17.3. The monoisotopic (exact) mass is 503 g/mol. The van der Waals surface area contributed by atoms with Gasteiger partial charge in [-0.2, -0.15) is 5.26 Å². The zero-order chi connectivity index (χ0) is 25.6. The third-order valence-corrected chi connectivity index (χ3v) is 7.70. The van der Waals surface area contributed by atoms with Gasteiger partial charge in [0.05, 0.1) is 47.8 Å². The topological polar surface area (TPSA) is 78.5 Å². The molecule has 1 aliphatic carbocycles. The predicted octanol–water partition coefficient (Wildman–Crippen LogP) is 6.12. The van der Waals surface area contributed by atoms with E-state index in [0.29, 0.717) is 34.7 Å². The second kappa shape index (κ2) is 9.65. The molecular weight excluding hydrogens is 474 g/mol. The molecule has 0 saturated heterocycles. The van der Waals surface area contributed by atoms with Crippen LogP contribution in [0.25, 0.3) is 11.3 Å². The van der Waals surface area contributed by atoms with Crippen molar-refractivity contribution in [2.45, 2.75) is 63.8 Å². The Balaban J connectivity index is 1.72. The van der Waals surface area contributed by atoms with E-state index in [9.17, 15) is 15.2 Å². The Hall–Kier alpha value is -3.27. The van der Waals surface area contributed by atoms with Crippen LogP contribution in [0.15, 0.2) is 48.5 Å². The summed E-state index contributed by atoms with van der Waals surface area (Å²) in [6.07, 6.45) is 2.63. The minimum Gasteiger partial charge on any atom is -0.496 e. The van der Waals surface area contributed by atoms with Gasteiger partial charge in [0.15, 0.2) is 0 Å². The number of carbonyl (C=O) groups is 1. The van der Waals surface area contributed by atoms with Gasteiger partial charge in [-0.05, 0) is 81.5 Å². The van der Waals surface area contributed by atoms with Crippen LogP contribution in [0.4, 0.5) is 0 Å².